The van der Waals surface area contributed by atoms with Gasteiger partial charge in [0.2, 0.25) is 5.75 Å². The third-order valence-corrected chi connectivity index (χ3v) is 13.2. The van der Waals surface area contributed by atoms with E-state index in [1.54, 1.807) is 58.8 Å². The van der Waals surface area contributed by atoms with E-state index in [1.165, 1.54) is 11.1 Å². The lowest BCUT2D eigenvalue weighted by atomic mass is 9.87. The summed E-state index contributed by atoms with van der Waals surface area (Å²) in [5.41, 5.74) is 6.53. The molecule has 5 aromatic carbocycles. The normalized spacial score (nSPS) is 17.9. The average Bonchev–Trinajstić information content (AvgIpc) is 3.20. The Morgan fingerprint density at radius 2 is 1.37 bits per heavy atom. The van der Waals surface area contributed by atoms with Gasteiger partial charge in [0.25, 0.3) is 10.0 Å². The molecule has 4 aliphatic heterocycles. The Morgan fingerprint density at radius 3 is 2.07 bits per heavy atom. The van der Waals surface area contributed by atoms with Crippen molar-refractivity contribution in [3.05, 3.63) is 117 Å². The van der Waals surface area contributed by atoms with Gasteiger partial charge in [0.05, 0.1) is 39.0 Å². The number of fused-ring (bicyclic) bond motifs is 2. The van der Waals surface area contributed by atoms with Crippen LogP contribution in [0.3, 0.4) is 0 Å². The molecule has 0 aromatic heterocycles. The van der Waals surface area contributed by atoms with Crippen LogP contribution in [0.1, 0.15) is 45.5 Å². The highest BCUT2D eigenvalue weighted by atomic mass is 79.9. The Kier molecular flexibility index (Phi) is 10.8. The Balaban J connectivity index is 1.36. The van der Waals surface area contributed by atoms with E-state index in [2.05, 4.69) is 68.8 Å². The van der Waals surface area contributed by atoms with Gasteiger partial charge in [-0.3, -0.25) is 14.5 Å². The highest BCUT2D eigenvalue weighted by Gasteiger charge is 2.35. The van der Waals surface area contributed by atoms with Crippen LogP contribution < -0.4 is 33.1 Å². The Bertz CT molecular complexity index is 2440. The first-order valence-corrected chi connectivity index (χ1v) is 21.1. The number of nitrogens with one attached hydrogen (secondary N) is 1. The van der Waals surface area contributed by atoms with Crippen molar-refractivity contribution in [1.29, 1.82) is 0 Å². The van der Waals surface area contributed by atoms with Gasteiger partial charge in [0.15, 0.2) is 34.5 Å². The minimum atomic E-state index is -4.03. The molecule has 57 heavy (non-hydrogen) atoms. The second kappa shape index (κ2) is 15.8. The van der Waals surface area contributed by atoms with Gasteiger partial charge in [-0.1, -0.05) is 34.1 Å². The van der Waals surface area contributed by atoms with E-state index in [0.717, 1.165) is 49.0 Å². The van der Waals surface area contributed by atoms with Crippen molar-refractivity contribution in [3.63, 3.8) is 0 Å². The number of ether oxygens (including phenoxy) is 6. The van der Waals surface area contributed by atoms with Gasteiger partial charge >= 0.3 is 0 Å². The SMILES string of the molecule is COc1cc(NS(=O)(=O)c2cccc(Br)c2)c2cc1Oc1ccc(cc1)C[C@H]1c3cc(c(OC)cc3CCN1C)Oc1c(OC)c(OC)cc3c1[C@H](C2)N(C)CC3. The van der Waals surface area contributed by atoms with Crippen molar-refractivity contribution in [2.75, 3.05) is 60.3 Å². The molecule has 9 rings (SSSR count). The number of hydrogen-bond donors (Lipinski definition) is 1. The van der Waals surface area contributed by atoms with Gasteiger partial charge in [-0.2, -0.15) is 0 Å². The second-order valence-electron chi connectivity index (χ2n) is 14.7. The molecule has 4 aliphatic rings. The molecule has 0 spiro atoms. The zero-order chi connectivity index (χ0) is 40.0. The topological polar surface area (TPSA) is 108 Å². The second-order valence-corrected chi connectivity index (χ2v) is 17.3. The molecule has 0 unspecified atom stereocenters. The first kappa shape index (κ1) is 38.9. The van der Waals surface area contributed by atoms with Crippen molar-refractivity contribution in [1.82, 2.24) is 9.80 Å². The molecule has 0 saturated heterocycles. The molecule has 5 aromatic rings. The van der Waals surface area contributed by atoms with Crippen LogP contribution in [0.4, 0.5) is 5.69 Å². The van der Waals surface area contributed by atoms with Crippen molar-refractivity contribution in [3.8, 4) is 46.0 Å². The predicted octanol–water partition coefficient (Wildman–Crippen LogP) is 8.73. The summed E-state index contributed by atoms with van der Waals surface area (Å²) in [5, 5.41) is 0. The summed E-state index contributed by atoms with van der Waals surface area (Å²) in [4.78, 5) is 4.76. The lowest BCUT2D eigenvalue weighted by Crippen LogP contribution is -2.34. The van der Waals surface area contributed by atoms with E-state index < -0.39 is 10.0 Å². The number of rotatable bonds is 7. The molecule has 1 N–H and O–H groups in total. The standard InChI is InChI=1S/C44H46BrN3O8S/c1-47-16-14-27-20-37(51-3)40-24-33(27)35(47)18-26-10-12-31(13-11-26)55-39-22-29(34(25-38(39)52-4)46-57(49,50)32-9-7-8-30(45)23-32)19-36-42-28(15-17-48(36)2)21-41(53-5)43(54-6)44(42)56-40/h7-13,20-25,35-36,46H,14-19H2,1-6H3/t35-,36-/m0/s1. The maximum absolute atomic E-state index is 14.0. The van der Waals surface area contributed by atoms with Gasteiger partial charge in [-0.15, -0.1) is 0 Å². The molecule has 13 heteroatoms. The predicted molar refractivity (Wildman–Crippen MR) is 223 cm³/mol. The van der Waals surface area contributed by atoms with Gasteiger partial charge < -0.3 is 28.4 Å². The summed E-state index contributed by atoms with van der Waals surface area (Å²) in [6.45, 7) is 1.64. The lowest BCUT2D eigenvalue weighted by molar-refractivity contribution is 0.220. The van der Waals surface area contributed by atoms with Crippen molar-refractivity contribution >= 4 is 31.6 Å². The maximum Gasteiger partial charge on any atom is 0.261 e. The van der Waals surface area contributed by atoms with Crippen LogP contribution in [0.5, 0.6) is 46.0 Å². The number of sulfonamides is 1. The van der Waals surface area contributed by atoms with Crippen molar-refractivity contribution in [2.45, 2.75) is 42.7 Å². The Labute approximate surface area is 342 Å². The fourth-order valence-electron chi connectivity index (χ4n) is 8.28. The molecule has 2 atom stereocenters. The number of nitrogens with zero attached hydrogens (tertiary/aromatic N) is 2. The largest absolute Gasteiger partial charge is 0.493 e. The number of methoxy groups -OCH3 is 4. The van der Waals surface area contributed by atoms with E-state index in [4.69, 9.17) is 28.4 Å². The first-order valence-electron chi connectivity index (χ1n) is 18.8. The molecule has 6 bridgehead atoms. The van der Waals surface area contributed by atoms with Gasteiger partial charge in [-0.25, -0.2) is 8.42 Å². The smallest absolute Gasteiger partial charge is 0.261 e. The van der Waals surface area contributed by atoms with Crippen LogP contribution in [0.15, 0.2) is 88.2 Å². The highest BCUT2D eigenvalue weighted by Crippen LogP contribution is 2.52. The molecule has 11 nitrogen and oxygen atoms in total. The van der Waals surface area contributed by atoms with Crippen LogP contribution in [0.25, 0.3) is 0 Å². The number of likely N-dealkylation sites (N-methyl/N-ethyl adjacent to an activating group) is 2. The van der Waals surface area contributed by atoms with Crippen molar-refractivity contribution in [2.24, 2.45) is 0 Å². The molecular weight excluding hydrogens is 810 g/mol. The summed E-state index contributed by atoms with van der Waals surface area (Å²) in [5.74, 6) is 4.16. The first-order chi connectivity index (χ1) is 27.5. The summed E-state index contributed by atoms with van der Waals surface area (Å²) in [6, 6.07) is 24.3. The van der Waals surface area contributed by atoms with E-state index in [9.17, 15) is 8.42 Å². The zero-order valence-corrected chi connectivity index (χ0v) is 35.3. The molecule has 0 aliphatic carbocycles. The number of benzene rings is 5. The average molecular weight is 857 g/mol. The molecule has 0 saturated carbocycles. The van der Waals surface area contributed by atoms with Crippen LogP contribution in [0.2, 0.25) is 0 Å². The zero-order valence-electron chi connectivity index (χ0n) is 32.8. The quantitative estimate of drug-likeness (QED) is 0.171. The van der Waals surface area contributed by atoms with Crippen LogP contribution in [-0.4, -0.2) is 73.8 Å². The van der Waals surface area contributed by atoms with Crippen LogP contribution in [-0.2, 0) is 35.7 Å². The Hall–Kier alpha value is -4.95. The van der Waals surface area contributed by atoms with Gasteiger partial charge in [0.1, 0.15) is 5.75 Å². The monoisotopic (exact) mass is 855 g/mol. The number of halogens is 1. The fraction of sp³-hybridized carbons (Fsp3) is 0.318. The molecular formula is C44H46BrN3O8S. The molecule has 0 fully saturated rings. The number of anilines is 1. The molecule has 0 amide bonds. The van der Waals surface area contributed by atoms with Crippen LogP contribution >= 0.6 is 15.9 Å². The van der Waals surface area contributed by atoms with E-state index in [-0.39, 0.29) is 17.0 Å². The van der Waals surface area contributed by atoms with Crippen molar-refractivity contribution < 1.29 is 36.8 Å². The van der Waals surface area contributed by atoms with E-state index >= 15 is 0 Å². The van der Waals surface area contributed by atoms with E-state index in [1.807, 2.05) is 24.3 Å². The summed E-state index contributed by atoms with van der Waals surface area (Å²) >= 11 is 3.42. The highest BCUT2D eigenvalue weighted by molar-refractivity contribution is 9.10. The molecule has 298 valence electrons. The summed E-state index contributed by atoms with van der Waals surface area (Å²) in [6.07, 6.45) is 2.73. The fourth-order valence-corrected chi connectivity index (χ4v) is 9.96. The van der Waals surface area contributed by atoms with E-state index in [0.29, 0.717) is 68.1 Å². The lowest BCUT2D eigenvalue weighted by Gasteiger charge is -2.37. The van der Waals surface area contributed by atoms with Gasteiger partial charge in [0, 0.05) is 41.3 Å². The Morgan fingerprint density at radius 1 is 0.702 bits per heavy atom. The minimum Gasteiger partial charge on any atom is -0.493 e. The third kappa shape index (κ3) is 7.49. The molecule has 0 radical (unpaired) electrons. The summed E-state index contributed by atoms with van der Waals surface area (Å²) in [7, 11) is 6.64. The molecule has 4 heterocycles. The number of hydrogen-bond acceptors (Lipinski definition) is 10. The maximum atomic E-state index is 14.0. The van der Waals surface area contributed by atoms with Crippen LogP contribution in [0, 0.1) is 0 Å². The minimum absolute atomic E-state index is 0.0867. The van der Waals surface area contributed by atoms with Gasteiger partial charge in [-0.05, 0) is 122 Å². The summed E-state index contributed by atoms with van der Waals surface area (Å²) < 4.78 is 69.0. The third-order valence-electron chi connectivity index (χ3n) is 11.3.